The van der Waals surface area contributed by atoms with Crippen LogP contribution in [0, 0.1) is 6.92 Å². The largest absolute Gasteiger partial charge is 0.443 e. The van der Waals surface area contributed by atoms with Gasteiger partial charge >= 0.3 is 6.03 Å². The van der Waals surface area contributed by atoms with Gasteiger partial charge in [0.2, 0.25) is 12.2 Å². The second-order valence-electron chi connectivity index (χ2n) is 11.1. The number of aromatic amines is 1. The Kier molecular flexibility index (Phi) is 13.0. The Balaban J connectivity index is 1.63. The molecule has 42 heavy (non-hydrogen) atoms. The van der Waals surface area contributed by atoms with Crippen molar-refractivity contribution in [2.75, 3.05) is 26.3 Å². The number of rotatable bonds is 15. The third kappa shape index (κ3) is 8.86. The van der Waals surface area contributed by atoms with Crippen LogP contribution >= 0.6 is 0 Å². The molecule has 2 heterocycles. The van der Waals surface area contributed by atoms with Crippen molar-refractivity contribution in [3.63, 3.8) is 0 Å². The molecule has 1 saturated heterocycles. The van der Waals surface area contributed by atoms with E-state index in [1.165, 1.54) is 0 Å². The first-order valence-corrected chi connectivity index (χ1v) is 14.6. The van der Waals surface area contributed by atoms with Crippen molar-refractivity contribution >= 4 is 6.03 Å². The van der Waals surface area contributed by atoms with Crippen LogP contribution in [0.3, 0.4) is 0 Å². The fourth-order valence-corrected chi connectivity index (χ4v) is 4.99. The Morgan fingerprint density at radius 1 is 1.17 bits per heavy atom. The number of aryl methyl sites for hydroxylation is 1. The molecule has 236 valence electrons. The van der Waals surface area contributed by atoms with Crippen molar-refractivity contribution in [1.29, 1.82) is 0 Å². The van der Waals surface area contributed by atoms with Crippen molar-refractivity contribution in [2.24, 2.45) is 5.73 Å². The van der Waals surface area contributed by atoms with Crippen LogP contribution in [0.1, 0.15) is 67.0 Å². The minimum absolute atomic E-state index is 0.0857. The average molecular weight is 594 g/mol. The number of hydrogen-bond acceptors (Lipinski definition) is 10. The number of ether oxygens (including phenoxy) is 2. The number of urea groups is 1. The smallest absolute Gasteiger partial charge is 0.315 e. The fourth-order valence-electron chi connectivity index (χ4n) is 4.99. The summed E-state index contributed by atoms with van der Waals surface area (Å²) in [6.07, 6.45) is -3.56. The van der Waals surface area contributed by atoms with Crippen molar-refractivity contribution in [3.05, 3.63) is 46.1 Å². The molecule has 13 heteroatoms. The molecule has 13 nitrogen and oxygen atoms in total. The third-order valence-electron chi connectivity index (χ3n) is 7.55. The monoisotopic (exact) mass is 593 g/mol. The summed E-state index contributed by atoms with van der Waals surface area (Å²) >= 11 is 0. The zero-order valence-electron chi connectivity index (χ0n) is 24.6. The van der Waals surface area contributed by atoms with Gasteiger partial charge in [-0.2, -0.15) is 0 Å². The molecular weight excluding hydrogens is 546 g/mol. The van der Waals surface area contributed by atoms with E-state index < -0.39 is 37.3 Å². The average Bonchev–Trinajstić information content (AvgIpc) is 3.36. The quantitative estimate of drug-likeness (QED) is 0.125. The van der Waals surface area contributed by atoms with E-state index >= 15 is 0 Å². The highest BCUT2D eigenvalue weighted by atomic mass is 16.7. The van der Waals surface area contributed by atoms with Gasteiger partial charge in [0.05, 0.1) is 19.3 Å². The van der Waals surface area contributed by atoms with Crippen LogP contribution in [0.5, 0.6) is 5.88 Å². The molecule has 0 spiro atoms. The highest BCUT2D eigenvalue weighted by molar-refractivity contribution is 5.74. The Morgan fingerprint density at radius 2 is 1.93 bits per heavy atom. The highest BCUT2D eigenvalue weighted by Crippen LogP contribution is 2.32. The normalized spacial score (nSPS) is 23.1. The number of benzene rings is 1. The lowest BCUT2D eigenvalue weighted by Crippen LogP contribution is -2.60. The molecule has 6 atom stereocenters. The summed E-state index contributed by atoms with van der Waals surface area (Å²) in [6, 6.07) is 5.46. The van der Waals surface area contributed by atoms with Gasteiger partial charge in [0.25, 0.3) is 0 Å². The van der Waals surface area contributed by atoms with Gasteiger partial charge in [0, 0.05) is 24.2 Å². The number of amides is 2. The van der Waals surface area contributed by atoms with Gasteiger partial charge in [-0.3, -0.25) is 5.10 Å². The van der Waals surface area contributed by atoms with E-state index in [-0.39, 0.29) is 30.5 Å². The van der Waals surface area contributed by atoms with Gasteiger partial charge in [-0.1, -0.05) is 38.5 Å². The number of unbranched alkanes of at least 4 members (excludes halogenated alkanes) is 1. The van der Waals surface area contributed by atoms with E-state index in [2.05, 4.69) is 26.9 Å². The maximum atomic E-state index is 12.2. The number of hydrogen-bond donors (Lipinski definition) is 9. The summed E-state index contributed by atoms with van der Waals surface area (Å²) in [5, 5.41) is 62.6. The Hall–Kier alpha value is -2.78. The van der Waals surface area contributed by atoms with E-state index in [9.17, 15) is 30.3 Å². The van der Waals surface area contributed by atoms with E-state index in [0.29, 0.717) is 32.4 Å². The number of nitrogens with one attached hydrogen (secondary N) is 3. The summed E-state index contributed by atoms with van der Waals surface area (Å²) < 4.78 is 11.4. The number of carbonyl (C=O) groups excluding carboxylic acids is 1. The number of H-pyrrole nitrogens is 1. The van der Waals surface area contributed by atoms with Gasteiger partial charge in [-0.25, -0.2) is 4.79 Å². The Labute approximate surface area is 246 Å². The van der Waals surface area contributed by atoms with Crippen molar-refractivity contribution in [1.82, 2.24) is 20.8 Å². The molecule has 2 aromatic rings. The zero-order chi connectivity index (χ0) is 30.8. The van der Waals surface area contributed by atoms with Gasteiger partial charge in [0.15, 0.2) is 0 Å². The van der Waals surface area contributed by atoms with Crippen molar-refractivity contribution in [2.45, 2.75) is 95.5 Å². The minimum Gasteiger partial charge on any atom is -0.443 e. The van der Waals surface area contributed by atoms with E-state index in [0.717, 1.165) is 40.8 Å². The minimum atomic E-state index is -1.55. The number of aliphatic hydroxyl groups is 5. The van der Waals surface area contributed by atoms with Gasteiger partial charge in [0.1, 0.15) is 24.4 Å². The van der Waals surface area contributed by atoms with Gasteiger partial charge in [-0.15, -0.1) is 5.10 Å². The van der Waals surface area contributed by atoms with Crippen LogP contribution < -0.4 is 21.1 Å². The van der Waals surface area contributed by atoms with Crippen molar-refractivity contribution in [3.8, 4) is 5.88 Å². The molecule has 0 bridgehead atoms. The van der Waals surface area contributed by atoms with Gasteiger partial charge in [-0.05, 0) is 55.3 Å². The highest BCUT2D eigenvalue weighted by Gasteiger charge is 2.45. The molecule has 1 aliphatic heterocycles. The first-order valence-electron chi connectivity index (χ1n) is 14.6. The SMILES string of the molecule is Cc1cc(CCNC(=O)N[C@H](CO)CCCCN)ccc1Cc1c(OC2OC(CO)[C@@H](O)C(O)[C@H]2O)n[nH]c1C(C)C. The second kappa shape index (κ2) is 16.2. The predicted molar refractivity (Wildman–Crippen MR) is 155 cm³/mol. The predicted octanol–water partition coefficient (Wildman–Crippen LogP) is -0.0574. The van der Waals surface area contributed by atoms with E-state index in [4.69, 9.17) is 15.2 Å². The molecule has 3 unspecified atom stereocenters. The lowest BCUT2D eigenvalue weighted by Gasteiger charge is -2.39. The van der Waals surface area contributed by atoms with Crippen molar-refractivity contribution < 1.29 is 39.8 Å². The molecule has 0 aliphatic carbocycles. The number of aliphatic hydroxyl groups excluding tert-OH is 5. The Bertz CT molecular complexity index is 1130. The molecular formula is C29H47N5O8. The zero-order valence-corrected chi connectivity index (χ0v) is 24.6. The summed E-state index contributed by atoms with van der Waals surface area (Å²) in [5.41, 5.74) is 10.2. The fraction of sp³-hybridized carbons (Fsp3) is 0.655. The second-order valence-corrected chi connectivity index (χ2v) is 11.1. The van der Waals surface area contributed by atoms with Crippen LogP contribution in [-0.4, -0.2) is 105 Å². The molecule has 1 aromatic heterocycles. The molecule has 3 rings (SSSR count). The third-order valence-corrected chi connectivity index (χ3v) is 7.55. The lowest BCUT2D eigenvalue weighted by molar-refractivity contribution is -0.278. The molecule has 1 aromatic carbocycles. The summed E-state index contributed by atoms with van der Waals surface area (Å²) in [4.78, 5) is 12.2. The molecule has 10 N–H and O–H groups in total. The van der Waals surface area contributed by atoms with Crippen LogP contribution in [0.25, 0.3) is 0 Å². The summed E-state index contributed by atoms with van der Waals surface area (Å²) in [6.45, 7) is 6.36. The van der Waals surface area contributed by atoms with Crippen LogP contribution in [0.15, 0.2) is 18.2 Å². The maximum Gasteiger partial charge on any atom is 0.315 e. The van der Waals surface area contributed by atoms with Crippen LogP contribution in [0.4, 0.5) is 4.79 Å². The van der Waals surface area contributed by atoms with Gasteiger partial charge < -0.3 is 51.4 Å². The molecule has 2 amide bonds. The van der Waals surface area contributed by atoms with Crippen LogP contribution in [-0.2, 0) is 17.6 Å². The van der Waals surface area contributed by atoms with E-state index in [1.807, 2.05) is 32.9 Å². The molecule has 1 fully saturated rings. The number of aromatic nitrogens is 2. The molecule has 1 aliphatic rings. The first-order chi connectivity index (χ1) is 20.1. The summed E-state index contributed by atoms with van der Waals surface area (Å²) in [5.74, 6) is 0.286. The number of carbonyl (C=O) groups is 1. The van der Waals surface area contributed by atoms with Crippen LogP contribution in [0.2, 0.25) is 0 Å². The van der Waals surface area contributed by atoms with E-state index in [1.54, 1.807) is 0 Å². The standard InChI is InChI=1S/C29H47N5O8/c1-16(2)23-21(27(34-33-23)42-28-26(39)25(38)24(37)22(15-36)41-28)13-19-8-7-18(12-17(19)3)9-11-31-29(40)32-20(14-35)6-4-5-10-30/h7-8,12,16,20,22,24-26,28,35-39H,4-6,9-11,13-15,30H2,1-3H3,(H,33,34)(H2,31,32,40)/t20-,22?,24+,25?,26+,28?/m0/s1. The topological polar surface area (TPSA) is 215 Å². The summed E-state index contributed by atoms with van der Waals surface area (Å²) in [7, 11) is 0. The maximum absolute atomic E-state index is 12.2. The number of nitrogens with two attached hydrogens (primary N) is 1. The number of nitrogens with zero attached hydrogens (tertiary/aromatic N) is 1. The first kappa shape index (κ1) is 33.7. The molecule has 0 saturated carbocycles. The molecule has 0 radical (unpaired) electrons. The lowest BCUT2D eigenvalue weighted by atomic mass is 9.95. The Morgan fingerprint density at radius 3 is 2.57 bits per heavy atom.